The highest BCUT2D eigenvalue weighted by molar-refractivity contribution is 5.92. The molecule has 1 unspecified atom stereocenters. The van der Waals surface area contributed by atoms with Gasteiger partial charge in [-0.3, -0.25) is 4.79 Å². The number of aromatic nitrogens is 2. The Kier molecular flexibility index (Phi) is 5.86. The highest BCUT2D eigenvalue weighted by Gasteiger charge is 2.25. The van der Waals surface area contributed by atoms with Gasteiger partial charge in [0.2, 0.25) is 5.95 Å². The molecule has 1 aromatic carbocycles. The zero-order valence-corrected chi connectivity index (χ0v) is 16.0. The van der Waals surface area contributed by atoms with Crippen LogP contribution in [0.3, 0.4) is 0 Å². The Morgan fingerprint density at radius 2 is 2.00 bits per heavy atom. The third kappa shape index (κ3) is 4.21. The molecule has 3 rings (SSSR count). The van der Waals surface area contributed by atoms with E-state index in [4.69, 9.17) is 0 Å². The standard InChI is InChI=1S/C21H28N4O/c1-4-18-12-8-9-13-25(18)21-22-16(2)14-19(23-21)20(26)24(3)15-17-10-6-5-7-11-17/h5-7,10-11,14,18H,4,8-9,12-13,15H2,1-3H3. The molecule has 1 aliphatic rings. The van der Waals surface area contributed by atoms with Crippen LogP contribution in [0.1, 0.15) is 54.4 Å². The van der Waals surface area contributed by atoms with Gasteiger partial charge in [-0.25, -0.2) is 9.97 Å². The second-order valence-electron chi connectivity index (χ2n) is 7.09. The smallest absolute Gasteiger partial charge is 0.272 e. The Hall–Kier alpha value is -2.43. The summed E-state index contributed by atoms with van der Waals surface area (Å²) in [6, 6.07) is 12.3. The molecule has 1 aliphatic heterocycles. The molecule has 2 heterocycles. The maximum atomic E-state index is 12.9. The predicted octanol–water partition coefficient (Wildman–Crippen LogP) is 3.83. The Morgan fingerprint density at radius 3 is 2.73 bits per heavy atom. The third-order valence-electron chi connectivity index (χ3n) is 5.03. The van der Waals surface area contributed by atoms with Gasteiger partial charge in [0.05, 0.1) is 0 Å². The summed E-state index contributed by atoms with van der Waals surface area (Å²) in [6.45, 7) is 5.68. The number of amides is 1. The van der Waals surface area contributed by atoms with Crippen LogP contribution in [0, 0.1) is 6.92 Å². The van der Waals surface area contributed by atoms with E-state index < -0.39 is 0 Å². The molecule has 26 heavy (non-hydrogen) atoms. The molecule has 0 radical (unpaired) electrons. The molecule has 1 fully saturated rings. The Labute approximate surface area is 156 Å². The summed E-state index contributed by atoms with van der Waals surface area (Å²) in [5, 5.41) is 0. The summed E-state index contributed by atoms with van der Waals surface area (Å²) in [5.41, 5.74) is 2.43. The van der Waals surface area contributed by atoms with Crippen molar-refractivity contribution in [1.82, 2.24) is 14.9 Å². The maximum absolute atomic E-state index is 12.9. The summed E-state index contributed by atoms with van der Waals surface area (Å²) in [5.74, 6) is 0.638. The molecule has 0 bridgehead atoms. The minimum Gasteiger partial charge on any atom is -0.338 e. The van der Waals surface area contributed by atoms with Crippen molar-refractivity contribution in [3.8, 4) is 0 Å². The number of carbonyl (C=O) groups excluding carboxylic acids is 1. The Balaban J connectivity index is 1.81. The third-order valence-corrected chi connectivity index (χ3v) is 5.03. The number of carbonyl (C=O) groups is 1. The summed E-state index contributed by atoms with van der Waals surface area (Å²) in [6.07, 6.45) is 4.66. The molecular formula is C21H28N4O. The summed E-state index contributed by atoms with van der Waals surface area (Å²) >= 11 is 0. The van der Waals surface area contributed by atoms with Crippen LogP contribution in [0.15, 0.2) is 36.4 Å². The van der Waals surface area contributed by atoms with Crippen LogP contribution in [-0.4, -0.2) is 40.4 Å². The van der Waals surface area contributed by atoms with E-state index in [2.05, 4.69) is 21.8 Å². The molecule has 5 heteroatoms. The largest absolute Gasteiger partial charge is 0.338 e. The molecule has 5 nitrogen and oxygen atoms in total. The van der Waals surface area contributed by atoms with Crippen molar-refractivity contribution in [2.24, 2.45) is 0 Å². The fourth-order valence-electron chi connectivity index (χ4n) is 3.60. The number of nitrogens with zero attached hydrogens (tertiary/aromatic N) is 4. The van der Waals surface area contributed by atoms with Gasteiger partial charge in [-0.2, -0.15) is 0 Å². The van der Waals surface area contributed by atoms with Crippen LogP contribution in [0.25, 0.3) is 0 Å². The molecule has 0 N–H and O–H groups in total. The maximum Gasteiger partial charge on any atom is 0.272 e. The van der Waals surface area contributed by atoms with Crippen molar-refractivity contribution in [3.05, 3.63) is 53.3 Å². The molecule has 0 aliphatic carbocycles. The van der Waals surface area contributed by atoms with Gasteiger partial charge >= 0.3 is 0 Å². The second kappa shape index (κ2) is 8.30. The molecule has 1 aromatic heterocycles. The van der Waals surface area contributed by atoms with Gasteiger partial charge in [-0.15, -0.1) is 0 Å². The first-order valence-corrected chi connectivity index (χ1v) is 9.50. The van der Waals surface area contributed by atoms with E-state index in [0.29, 0.717) is 24.2 Å². The monoisotopic (exact) mass is 352 g/mol. The average Bonchev–Trinajstić information content (AvgIpc) is 2.67. The van der Waals surface area contributed by atoms with Gasteiger partial charge in [0, 0.05) is 31.9 Å². The lowest BCUT2D eigenvalue weighted by Crippen LogP contribution is -2.40. The minimum atomic E-state index is -0.0642. The average molecular weight is 352 g/mol. The number of piperidine rings is 1. The molecule has 0 saturated carbocycles. The number of rotatable bonds is 5. The minimum absolute atomic E-state index is 0.0642. The molecule has 0 spiro atoms. The number of aryl methyl sites for hydroxylation is 1. The van der Waals surface area contributed by atoms with Gasteiger partial charge < -0.3 is 9.80 Å². The number of anilines is 1. The molecule has 1 saturated heterocycles. The Morgan fingerprint density at radius 1 is 1.23 bits per heavy atom. The van der Waals surface area contributed by atoms with Gasteiger partial charge in [-0.1, -0.05) is 37.3 Å². The summed E-state index contributed by atoms with van der Waals surface area (Å²) in [4.78, 5) is 26.2. The lowest BCUT2D eigenvalue weighted by atomic mass is 10.0. The number of hydrogen-bond acceptors (Lipinski definition) is 4. The molecule has 138 valence electrons. The lowest BCUT2D eigenvalue weighted by molar-refractivity contribution is 0.0779. The first-order chi connectivity index (χ1) is 12.6. The number of hydrogen-bond donors (Lipinski definition) is 0. The van der Waals surface area contributed by atoms with Crippen molar-refractivity contribution in [1.29, 1.82) is 0 Å². The highest BCUT2D eigenvalue weighted by Crippen LogP contribution is 2.24. The fourth-order valence-corrected chi connectivity index (χ4v) is 3.60. The number of benzene rings is 1. The van der Waals surface area contributed by atoms with Gasteiger partial charge in [0.15, 0.2) is 0 Å². The van der Waals surface area contributed by atoms with Crippen LogP contribution in [-0.2, 0) is 6.54 Å². The van der Waals surface area contributed by atoms with Crippen LogP contribution in [0.2, 0.25) is 0 Å². The SMILES string of the molecule is CCC1CCCCN1c1nc(C)cc(C(=O)N(C)Cc2ccccc2)n1. The van der Waals surface area contributed by atoms with Crippen LogP contribution < -0.4 is 4.90 Å². The topological polar surface area (TPSA) is 49.3 Å². The summed E-state index contributed by atoms with van der Waals surface area (Å²) in [7, 11) is 1.82. The normalized spacial score (nSPS) is 17.2. The molecular weight excluding hydrogens is 324 g/mol. The molecule has 1 amide bonds. The van der Waals surface area contributed by atoms with E-state index in [1.54, 1.807) is 11.0 Å². The van der Waals surface area contributed by atoms with Gasteiger partial charge in [0.25, 0.3) is 5.91 Å². The van der Waals surface area contributed by atoms with Crippen LogP contribution in [0.5, 0.6) is 0 Å². The quantitative estimate of drug-likeness (QED) is 0.821. The molecule has 1 atom stereocenters. The van der Waals surface area contributed by atoms with Crippen molar-refractivity contribution in [3.63, 3.8) is 0 Å². The fraction of sp³-hybridized carbons (Fsp3) is 0.476. The Bertz CT molecular complexity index is 747. The van der Waals surface area contributed by atoms with E-state index in [1.807, 2.05) is 44.3 Å². The first kappa shape index (κ1) is 18.4. The highest BCUT2D eigenvalue weighted by atomic mass is 16.2. The zero-order chi connectivity index (χ0) is 18.5. The van der Waals surface area contributed by atoms with E-state index in [9.17, 15) is 4.79 Å². The van der Waals surface area contributed by atoms with Crippen molar-refractivity contribution >= 4 is 11.9 Å². The van der Waals surface area contributed by atoms with Crippen molar-refractivity contribution in [2.75, 3.05) is 18.5 Å². The van der Waals surface area contributed by atoms with Gasteiger partial charge in [-0.05, 0) is 44.2 Å². The molecule has 2 aromatic rings. The van der Waals surface area contributed by atoms with E-state index in [-0.39, 0.29) is 5.91 Å². The van der Waals surface area contributed by atoms with E-state index in [1.165, 1.54) is 12.8 Å². The van der Waals surface area contributed by atoms with Crippen LogP contribution in [0.4, 0.5) is 5.95 Å². The van der Waals surface area contributed by atoms with Crippen molar-refractivity contribution < 1.29 is 4.79 Å². The van der Waals surface area contributed by atoms with Gasteiger partial charge in [0.1, 0.15) is 5.69 Å². The lowest BCUT2D eigenvalue weighted by Gasteiger charge is -2.35. The van der Waals surface area contributed by atoms with Crippen molar-refractivity contribution in [2.45, 2.75) is 52.1 Å². The van der Waals surface area contributed by atoms with E-state index >= 15 is 0 Å². The zero-order valence-electron chi connectivity index (χ0n) is 16.0. The van der Waals surface area contributed by atoms with Crippen LogP contribution >= 0.6 is 0 Å². The predicted molar refractivity (Wildman–Crippen MR) is 104 cm³/mol. The summed E-state index contributed by atoms with van der Waals surface area (Å²) < 4.78 is 0. The second-order valence-corrected chi connectivity index (χ2v) is 7.09. The van der Waals surface area contributed by atoms with E-state index in [0.717, 1.165) is 30.6 Å². The first-order valence-electron chi connectivity index (χ1n) is 9.50.